The molecule has 2 aromatic rings. The summed E-state index contributed by atoms with van der Waals surface area (Å²) >= 11 is 0. The molecule has 0 radical (unpaired) electrons. The van der Waals surface area contributed by atoms with E-state index in [1.54, 1.807) is 12.1 Å². The Bertz CT molecular complexity index is 871. The van der Waals surface area contributed by atoms with Gasteiger partial charge in [-0.1, -0.05) is 18.2 Å². The van der Waals surface area contributed by atoms with Crippen molar-refractivity contribution in [3.05, 3.63) is 59.9 Å². The Morgan fingerprint density at radius 2 is 1.74 bits per heavy atom. The van der Waals surface area contributed by atoms with E-state index in [1.807, 2.05) is 46.2 Å². The molecule has 5 nitrogen and oxygen atoms in total. The molecule has 0 aliphatic carbocycles. The quantitative estimate of drug-likeness (QED) is 0.840. The summed E-state index contributed by atoms with van der Waals surface area (Å²) in [6, 6.07) is 16.2. The van der Waals surface area contributed by atoms with Gasteiger partial charge in [-0.05, 0) is 36.8 Å². The first-order valence-corrected chi connectivity index (χ1v) is 9.22. The molecule has 2 aromatic carbocycles. The van der Waals surface area contributed by atoms with Crippen molar-refractivity contribution in [2.45, 2.75) is 12.5 Å². The van der Waals surface area contributed by atoms with Crippen molar-refractivity contribution >= 4 is 17.3 Å². The molecule has 0 bridgehead atoms. The highest BCUT2D eigenvalue weighted by molar-refractivity contribution is 5.99. The maximum atomic E-state index is 14.3. The summed E-state index contributed by atoms with van der Waals surface area (Å²) in [4.78, 5) is 18.9. The Hall–Kier alpha value is -2.91. The number of hydrogen-bond donors (Lipinski definition) is 0. The molecule has 2 aliphatic rings. The number of piperazine rings is 1. The number of benzene rings is 2. The molecule has 2 aliphatic heterocycles. The van der Waals surface area contributed by atoms with Crippen LogP contribution in [-0.4, -0.2) is 49.6 Å². The van der Waals surface area contributed by atoms with Gasteiger partial charge in [0.1, 0.15) is 5.82 Å². The predicted octanol–water partition coefficient (Wildman–Crippen LogP) is 2.62. The van der Waals surface area contributed by atoms with Crippen LogP contribution in [-0.2, 0) is 4.79 Å². The number of carbonyl (C=O) groups is 1. The monoisotopic (exact) mass is 364 g/mol. The van der Waals surface area contributed by atoms with Crippen molar-refractivity contribution in [2.75, 3.05) is 42.5 Å². The van der Waals surface area contributed by atoms with Gasteiger partial charge >= 0.3 is 0 Å². The standard InChI is InChI=1S/C21H21FN4O/c22-18-14-16(15-23)6-7-19(18)24-10-12-25(13-11-24)20-8-9-26(21(20)27)17-4-2-1-3-5-17/h1-7,14,20H,8-13H2. The maximum Gasteiger partial charge on any atom is 0.244 e. The minimum absolute atomic E-state index is 0.0989. The van der Waals surface area contributed by atoms with Crippen LogP contribution in [0.15, 0.2) is 48.5 Å². The molecule has 1 unspecified atom stereocenters. The summed E-state index contributed by atoms with van der Waals surface area (Å²) in [5.41, 5.74) is 1.80. The van der Waals surface area contributed by atoms with Crippen LogP contribution >= 0.6 is 0 Å². The molecule has 4 rings (SSSR count). The highest BCUT2D eigenvalue weighted by Gasteiger charge is 2.37. The third-order valence-electron chi connectivity index (χ3n) is 5.42. The van der Waals surface area contributed by atoms with Crippen molar-refractivity contribution < 1.29 is 9.18 Å². The molecule has 27 heavy (non-hydrogen) atoms. The Morgan fingerprint density at radius 1 is 1.00 bits per heavy atom. The number of rotatable bonds is 3. The number of anilines is 2. The van der Waals surface area contributed by atoms with Crippen LogP contribution in [0, 0.1) is 17.1 Å². The molecule has 1 atom stereocenters. The van der Waals surface area contributed by atoms with Crippen LogP contribution in [0.1, 0.15) is 12.0 Å². The molecule has 2 saturated heterocycles. The van der Waals surface area contributed by atoms with E-state index in [4.69, 9.17) is 5.26 Å². The summed E-state index contributed by atoms with van der Waals surface area (Å²) < 4.78 is 14.3. The largest absolute Gasteiger partial charge is 0.367 e. The topological polar surface area (TPSA) is 50.6 Å². The summed E-state index contributed by atoms with van der Waals surface area (Å²) in [5.74, 6) is -0.214. The first-order valence-electron chi connectivity index (χ1n) is 9.22. The number of carbonyl (C=O) groups excluding carboxylic acids is 1. The summed E-state index contributed by atoms with van der Waals surface area (Å²) in [5, 5.41) is 8.88. The number of para-hydroxylation sites is 1. The lowest BCUT2D eigenvalue weighted by Gasteiger charge is -2.38. The lowest BCUT2D eigenvalue weighted by molar-refractivity contribution is -0.121. The van der Waals surface area contributed by atoms with E-state index >= 15 is 0 Å². The summed E-state index contributed by atoms with van der Waals surface area (Å²) in [7, 11) is 0. The second kappa shape index (κ2) is 7.37. The molecule has 2 fully saturated rings. The van der Waals surface area contributed by atoms with Crippen LogP contribution in [0.4, 0.5) is 15.8 Å². The fourth-order valence-corrected chi connectivity index (χ4v) is 3.98. The van der Waals surface area contributed by atoms with Gasteiger partial charge in [0, 0.05) is 38.4 Å². The zero-order valence-electron chi connectivity index (χ0n) is 15.0. The summed E-state index contributed by atoms with van der Waals surface area (Å²) in [6.45, 7) is 3.50. The van der Waals surface area contributed by atoms with Crippen LogP contribution in [0.2, 0.25) is 0 Å². The van der Waals surface area contributed by atoms with Gasteiger partial charge in [-0.15, -0.1) is 0 Å². The van der Waals surface area contributed by atoms with E-state index in [9.17, 15) is 9.18 Å². The molecule has 0 N–H and O–H groups in total. The van der Waals surface area contributed by atoms with Crippen molar-refractivity contribution in [3.8, 4) is 6.07 Å². The Morgan fingerprint density at radius 3 is 2.41 bits per heavy atom. The SMILES string of the molecule is N#Cc1ccc(N2CCN(C3CCN(c4ccccc4)C3=O)CC2)c(F)c1. The van der Waals surface area contributed by atoms with Crippen molar-refractivity contribution in [1.29, 1.82) is 5.26 Å². The van der Waals surface area contributed by atoms with Gasteiger partial charge in [-0.3, -0.25) is 9.69 Å². The normalized spacial score (nSPS) is 20.7. The fraction of sp³-hybridized carbons (Fsp3) is 0.333. The van der Waals surface area contributed by atoms with E-state index in [1.165, 1.54) is 6.07 Å². The van der Waals surface area contributed by atoms with Gasteiger partial charge < -0.3 is 9.80 Å². The highest BCUT2D eigenvalue weighted by atomic mass is 19.1. The molecule has 6 heteroatoms. The van der Waals surface area contributed by atoms with E-state index in [0.29, 0.717) is 24.3 Å². The second-order valence-corrected chi connectivity index (χ2v) is 6.93. The number of halogens is 1. The van der Waals surface area contributed by atoms with E-state index < -0.39 is 0 Å². The van der Waals surface area contributed by atoms with Crippen molar-refractivity contribution in [1.82, 2.24) is 4.90 Å². The average Bonchev–Trinajstić information content (AvgIpc) is 3.10. The molecule has 1 amide bonds. The van der Waals surface area contributed by atoms with Gasteiger partial charge in [0.15, 0.2) is 0 Å². The van der Waals surface area contributed by atoms with Gasteiger partial charge in [-0.2, -0.15) is 5.26 Å². The maximum absolute atomic E-state index is 14.3. The number of nitrogens with zero attached hydrogens (tertiary/aromatic N) is 4. The molecule has 138 valence electrons. The molecule has 0 spiro atoms. The van der Waals surface area contributed by atoms with Gasteiger partial charge in [0.05, 0.1) is 23.4 Å². The van der Waals surface area contributed by atoms with Crippen molar-refractivity contribution in [2.24, 2.45) is 0 Å². The zero-order valence-corrected chi connectivity index (χ0v) is 15.0. The van der Waals surface area contributed by atoms with E-state index in [-0.39, 0.29) is 17.8 Å². The number of amides is 1. The van der Waals surface area contributed by atoms with Crippen molar-refractivity contribution in [3.63, 3.8) is 0 Å². The smallest absolute Gasteiger partial charge is 0.244 e. The van der Waals surface area contributed by atoms with E-state index in [0.717, 1.165) is 31.7 Å². The molecule has 2 heterocycles. The summed E-state index contributed by atoms with van der Waals surface area (Å²) in [6.07, 6.45) is 0.818. The fourth-order valence-electron chi connectivity index (χ4n) is 3.98. The minimum atomic E-state index is -0.366. The molecular weight excluding hydrogens is 343 g/mol. The lowest BCUT2D eigenvalue weighted by Crippen LogP contribution is -2.52. The predicted molar refractivity (Wildman–Crippen MR) is 102 cm³/mol. The van der Waals surface area contributed by atoms with Crippen LogP contribution in [0.25, 0.3) is 0 Å². The Kier molecular flexibility index (Phi) is 4.78. The Labute approximate surface area is 158 Å². The minimum Gasteiger partial charge on any atom is -0.367 e. The number of nitriles is 1. The van der Waals surface area contributed by atoms with E-state index in [2.05, 4.69) is 4.90 Å². The van der Waals surface area contributed by atoms with Crippen LogP contribution < -0.4 is 9.80 Å². The Balaban J connectivity index is 1.40. The molecule has 0 aromatic heterocycles. The second-order valence-electron chi connectivity index (χ2n) is 6.93. The third-order valence-corrected chi connectivity index (χ3v) is 5.42. The average molecular weight is 364 g/mol. The first kappa shape index (κ1) is 17.5. The number of hydrogen-bond acceptors (Lipinski definition) is 4. The van der Waals surface area contributed by atoms with Gasteiger partial charge in [0.25, 0.3) is 0 Å². The van der Waals surface area contributed by atoms with Gasteiger partial charge in [-0.25, -0.2) is 4.39 Å². The third kappa shape index (κ3) is 3.38. The lowest BCUT2D eigenvalue weighted by atomic mass is 10.1. The molecular formula is C21H21FN4O. The molecule has 0 saturated carbocycles. The van der Waals surface area contributed by atoms with Crippen LogP contribution in [0.3, 0.4) is 0 Å². The zero-order chi connectivity index (χ0) is 18.8. The highest BCUT2D eigenvalue weighted by Crippen LogP contribution is 2.27. The first-order chi connectivity index (χ1) is 13.2. The van der Waals surface area contributed by atoms with Crippen LogP contribution in [0.5, 0.6) is 0 Å². The van der Waals surface area contributed by atoms with Gasteiger partial charge in [0.2, 0.25) is 5.91 Å².